The first kappa shape index (κ1) is 9.25. The van der Waals surface area contributed by atoms with Crippen molar-refractivity contribution < 1.29 is 0 Å². The molecule has 0 amide bonds. The molecule has 0 unspecified atom stereocenters. The van der Waals surface area contributed by atoms with Crippen LogP contribution in [0.3, 0.4) is 0 Å². The Balaban J connectivity index is 3.05. The van der Waals surface area contributed by atoms with E-state index >= 15 is 0 Å². The molecule has 2 N–H and O–H groups in total. The van der Waals surface area contributed by atoms with E-state index in [4.69, 9.17) is 28.9 Å². The van der Waals surface area contributed by atoms with Crippen LogP contribution >= 0.6 is 23.2 Å². The van der Waals surface area contributed by atoms with Crippen LogP contribution in [-0.2, 0) is 0 Å². The summed E-state index contributed by atoms with van der Waals surface area (Å²) in [6, 6.07) is 5.17. The first-order valence-electron chi connectivity index (χ1n) is 3.34. The largest absolute Gasteiger partial charge is 0.399 e. The highest BCUT2D eigenvalue weighted by Gasteiger charge is 1.95. The minimum atomic E-state index is 0.297. The zero-order valence-electron chi connectivity index (χ0n) is 6.27. The summed E-state index contributed by atoms with van der Waals surface area (Å²) in [5.41, 5.74) is 6.91. The quantitative estimate of drug-likeness (QED) is 0.388. The molecule has 0 aliphatic carbocycles. The molecule has 3 heteroatoms. The predicted molar refractivity (Wildman–Crippen MR) is 53.5 cm³/mol. The maximum atomic E-state index is 5.83. The van der Waals surface area contributed by atoms with Gasteiger partial charge in [0, 0.05) is 11.3 Å². The number of rotatable bonds is 0. The van der Waals surface area contributed by atoms with E-state index in [9.17, 15) is 0 Å². The van der Waals surface area contributed by atoms with Crippen molar-refractivity contribution >= 4 is 28.9 Å². The van der Waals surface area contributed by atoms with Gasteiger partial charge >= 0.3 is 0 Å². The molecule has 0 radical (unpaired) electrons. The molecule has 0 fully saturated rings. The van der Waals surface area contributed by atoms with Gasteiger partial charge in [-0.05, 0) is 18.2 Å². The molecule has 1 aromatic rings. The molecular formula is C9H7Cl2N. The van der Waals surface area contributed by atoms with Crippen molar-refractivity contribution in [3.63, 3.8) is 0 Å². The van der Waals surface area contributed by atoms with Crippen molar-refractivity contribution in [3.8, 4) is 11.8 Å². The summed E-state index contributed by atoms with van der Waals surface area (Å²) in [6.07, 6.45) is 0. The molecular weight excluding hydrogens is 193 g/mol. The molecule has 1 rings (SSSR count). The number of nitrogen functional groups attached to an aromatic ring is 1. The van der Waals surface area contributed by atoms with Gasteiger partial charge in [-0.2, -0.15) is 0 Å². The zero-order valence-corrected chi connectivity index (χ0v) is 7.78. The Kier molecular flexibility index (Phi) is 3.28. The van der Waals surface area contributed by atoms with Crippen LogP contribution in [0.25, 0.3) is 0 Å². The molecule has 0 spiro atoms. The van der Waals surface area contributed by atoms with Crippen molar-refractivity contribution in [2.24, 2.45) is 0 Å². The van der Waals surface area contributed by atoms with E-state index in [0.717, 1.165) is 5.56 Å². The van der Waals surface area contributed by atoms with Crippen molar-refractivity contribution in [2.75, 3.05) is 11.6 Å². The minimum Gasteiger partial charge on any atom is -0.399 e. The highest BCUT2D eigenvalue weighted by molar-refractivity contribution is 6.31. The average molecular weight is 200 g/mol. The Hall–Kier alpha value is -0.840. The molecule has 0 bridgehead atoms. The predicted octanol–water partition coefficient (Wildman–Crippen LogP) is 2.51. The minimum absolute atomic E-state index is 0.297. The number of halogens is 2. The van der Waals surface area contributed by atoms with Gasteiger partial charge in [0.05, 0.1) is 10.9 Å². The first-order valence-corrected chi connectivity index (χ1v) is 4.25. The third-order valence-electron chi connectivity index (χ3n) is 1.28. The van der Waals surface area contributed by atoms with Gasteiger partial charge in [0.25, 0.3) is 0 Å². The lowest BCUT2D eigenvalue weighted by Gasteiger charge is -1.96. The summed E-state index contributed by atoms with van der Waals surface area (Å²) >= 11 is 11.2. The molecule has 12 heavy (non-hydrogen) atoms. The smallest absolute Gasteiger partial charge is 0.0839 e. The first-order chi connectivity index (χ1) is 5.74. The van der Waals surface area contributed by atoms with E-state index < -0.39 is 0 Å². The maximum absolute atomic E-state index is 5.83. The van der Waals surface area contributed by atoms with Gasteiger partial charge in [-0.25, -0.2) is 0 Å². The monoisotopic (exact) mass is 199 g/mol. The Morgan fingerprint density at radius 3 is 2.83 bits per heavy atom. The topological polar surface area (TPSA) is 26.0 Å². The molecule has 1 aromatic carbocycles. The van der Waals surface area contributed by atoms with Crippen molar-refractivity contribution in [3.05, 3.63) is 28.8 Å². The molecule has 0 heterocycles. The van der Waals surface area contributed by atoms with E-state index in [-0.39, 0.29) is 0 Å². The Labute approximate surface area is 81.5 Å². The summed E-state index contributed by atoms with van der Waals surface area (Å²) in [5, 5.41) is 0.599. The molecule has 0 saturated heterocycles. The van der Waals surface area contributed by atoms with Gasteiger partial charge < -0.3 is 5.73 Å². The van der Waals surface area contributed by atoms with E-state index in [1.165, 1.54) is 0 Å². The van der Waals surface area contributed by atoms with Crippen LogP contribution < -0.4 is 5.73 Å². The summed E-state index contributed by atoms with van der Waals surface area (Å²) in [7, 11) is 0. The van der Waals surface area contributed by atoms with Crippen molar-refractivity contribution in [2.45, 2.75) is 0 Å². The van der Waals surface area contributed by atoms with Gasteiger partial charge in [-0.15, -0.1) is 11.6 Å². The Morgan fingerprint density at radius 1 is 1.42 bits per heavy atom. The van der Waals surface area contributed by atoms with Gasteiger partial charge in [0.2, 0.25) is 0 Å². The molecule has 0 aliphatic rings. The number of anilines is 1. The summed E-state index contributed by atoms with van der Waals surface area (Å²) in [6.45, 7) is 0. The average Bonchev–Trinajstić information content (AvgIpc) is 2.07. The van der Waals surface area contributed by atoms with Crippen molar-refractivity contribution in [1.29, 1.82) is 0 Å². The van der Waals surface area contributed by atoms with Gasteiger partial charge in [-0.1, -0.05) is 23.4 Å². The van der Waals surface area contributed by atoms with E-state index in [0.29, 0.717) is 16.6 Å². The number of hydrogen-bond acceptors (Lipinski definition) is 1. The van der Waals surface area contributed by atoms with Crippen LogP contribution in [0.15, 0.2) is 18.2 Å². The SMILES string of the molecule is Nc1ccc(Cl)c(C#CCCl)c1. The highest BCUT2D eigenvalue weighted by atomic mass is 35.5. The fourth-order valence-electron chi connectivity index (χ4n) is 0.767. The second-order valence-electron chi connectivity index (χ2n) is 2.17. The van der Waals surface area contributed by atoms with Crippen LogP contribution in [0.2, 0.25) is 5.02 Å². The van der Waals surface area contributed by atoms with Gasteiger partial charge in [-0.3, -0.25) is 0 Å². The molecule has 0 saturated carbocycles. The van der Waals surface area contributed by atoms with Gasteiger partial charge in [0.15, 0.2) is 0 Å². The third-order valence-corrected chi connectivity index (χ3v) is 1.74. The number of hydrogen-bond donors (Lipinski definition) is 1. The van der Waals surface area contributed by atoms with Crippen LogP contribution in [0.4, 0.5) is 5.69 Å². The van der Waals surface area contributed by atoms with E-state index in [1.54, 1.807) is 18.2 Å². The van der Waals surface area contributed by atoms with Crippen LogP contribution in [0, 0.1) is 11.8 Å². The normalized spacial score (nSPS) is 8.83. The second-order valence-corrected chi connectivity index (χ2v) is 2.85. The standard InChI is InChI=1S/C9H7Cl2N/c10-5-1-2-7-6-8(12)3-4-9(7)11/h3-4,6H,5,12H2. The number of nitrogens with two attached hydrogens (primary N) is 1. The Bertz CT molecular complexity index is 336. The van der Waals surface area contributed by atoms with Crippen LogP contribution in [0.1, 0.15) is 5.56 Å². The summed E-state index contributed by atoms with van der Waals surface area (Å²) in [4.78, 5) is 0. The fraction of sp³-hybridized carbons (Fsp3) is 0.111. The Morgan fingerprint density at radius 2 is 2.17 bits per heavy atom. The molecule has 0 aromatic heterocycles. The number of alkyl halides is 1. The highest BCUT2D eigenvalue weighted by Crippen LogP contribution is 2.17. The lowest BCUT2D eigenvalue weighted by molar-refractivity contribution is 1.63. The number of benzene rings is 1. The lowest BCUT2D eigenvalue weighted by atomic mass is 10.2. The van der Waals surface area contributed by atoms with Crippen LogP contribution in [0.5, 0.6) is 0 Å². The second kappa shape index (κ2) is 4.25. The molecule has 1 nitrogen and oxygen atoms in total. The molecule has 62 valence electrons. The van der Waals surface area contributed by atoms with E-state index in [2.05, 4.69) is 11.8 Å². The van der Waals surface area contributed by atoms with E-state index in [1.807, 2.05) is 0 Å². The zero-order chi connectivity index (χ0) is 8.97. The summed E-state index contributed by atoms with van der Waals surface area (Å²) in [5.74, 6) is 5.81. The molecule has 0 aliphatic heterocycles. The van der Waals surface area contributed by atoms with Crippen molar-refractivity contribution in [1.82, 2.24) is 0 Å². The van der Waals surface area contributed by atoms with Crippen LogP contribution in [-0.4, -0.2) is 5.88 Å². The third kappa shape index (κ3) is 2.34. The summed E-state index contributed by atoms with van der Waals surface area (Å²) < 4.78 is 0. The fourth-order valence-corrected chi connectivity index (χ4v) is 0.999. The molecule has 0 atom stereocenters. The lowest BCUT2D eigenvalue weighted by Crippen LogP contribution is -1.86. The maximum Gasteiger partial charge on any atom is 0.0839 e. The van der Waals surface area contributed by atoms with Gasteiger partial charge in [0.1, 0.15) is 0 Å².